The third-order valence-corrected chi connectivity index (χ3v) is 6.22. The van der Waals surface area contributed by atoms with Crippen molar-refractivity contribution in [3.63, 3.8) is 0 Å². The van der Waals surface area contributed by atoms with Crippen molar-refractivity contribution >= 4 is 46.3 Å². The zero-order valence-corrected chi connectivity index (χ0v) is 20.4. The molecule has 0 aliphatic carbocycles. The third kappa shape index (κ3) is 4.54. The molecule has 1 aliphatic rings. The smallest absolute Gasteiger partial charge is 0.300 e. The van der Waals surface area contributed by atoms with Crippen LogP contribution in [0.2, 0.25) is 10.0 Å². The molecule has 0 bridgehead atoms. The van der Waals surface area contributed by atoms with Crippen molar-refractivity contribution < 1.29 is 19.4 Å². The number of aliphatic hydroxyl groups excluding tert-OH is 1. The fraction of sp³-hybridized carbons (Fsp3) is 0.185. The first-order valence-corrected chi connectivity index (χ1v) is 11.5. The summed E-state index contributed by atoms with van der Waals surface area (Å²) in [5.74, 6) is -1.16. The second kappa shape index (κ2) is 9.53. The van der Waals surface area contributed by atoms with Crippen LogP contribution in [0.15, 0.2) is 72.3 Å². The standard InChI is InChI=1S/C27H23Cl2NO4/c1-15(2)34-20-10-7-17(8-11-20)25(31)23-24(18-6-4-5-16(3)13-18)30(27(33)26(23)32)19-9-12-21(28)22(29)14-19/h4-15,24,31H,1-3H3/b25-23+. The van der Waals surface area contributed by atoms with Gasteiger partial charge in [0.2, 0.25) is 0 Å². The molecule has 7 heteroatoms. The van der Waals surface area contributed by atoms with Crippen LogP contribution in [-0.4, -0.2) is 22.9 Å². The summed E-state index contributed by atoms with van der Waals surface area (Å²) in [5.41, 5.74) is 2.45. The molecule has 1 heterocycles. The lowest BCUT2D eigenvalue weighted by atomic mass is 9.94. The van der Waals surface area contributed by atoms with Crippen LogP contribution in [0.3, 0.4) is 0 Å². The number of carbonyl (C=O) groups excluding carboxylic acids is 2. The topological polar surface area (TPSA) is 66.8 Å². The first kappa shape index (κ1) is 23.9. The summed E-state index contributed by atoms with van der Waals surface area (Å²) in [4.78, 5) is 27.8. The number of hydrogen-bond acceptors (Lipinski definition) is 4. The molecule has 1 saturated heterocycles. The molecule has 1 atom stereocenters. The van der Waals surface area contributed by atoms with Gasteiger partial charge in [0.1, 0.15) is 11.5 Å². The molecule has 1 N–H and O–H groups in total. The number of benzene rings is 3. The Balaban J connectivity index is 1.88. The highest BCUT2D eigenvalue weighted by Gasteiger charge is 2.47. The van der Waals surface area contributed by atoms with Gasteiger partial charge in [0.25, 0.3) is 11.7 Å². The molecular weight excluding hydrogens is 473 g/mol. The van der Waals surface area contributed by atoms with E-state index in [2.05, 4.69) is 0 Å². The number of ether oxygens (including phenoxy) is 1. The van der Waals surface area contributed by atoms with Crippen LogP contribution in [0.25, 0.3) is 5.76 Å². The highest BCUT2D eigenvalue weighted by molar-refractivity contribution is 6.52. The summed E-state index contributed by atoms with van der Waals surface area (Å²) in [7, 11) is 0. The quantitative estimate of drug-likeness (QED) is 0.242. The van der Waals surface area contributed by atoms with Crippen LogP contribution >= 0.6 is 23.2 Å². The predicted octanol–water partition coefficient (Wildman–Crippen LogP) is 6.72. The van der Waals surface area contributed by atoms with Crippen molar-refractivity contribution in [2.45, 2.75) is 32.9 Å². The van der Waals surface area contributed by atoms with E-state index >= 15 is 0 Å². The molecule has 4 rings (SSSR count). The highest BCUT2D eigenvalue weighted by Crippen LogP contribution is 2.43. The number of rotatable bonds is 5. The van der Waals surface area contributed by atoms with E-state index in [-0.39, 0.29) is 22.5 Å². The second-order valence-electron chi connectivity index (χ2n) is 8.37. The van der Waals surface area contributed by atoms with E-state index in [9.17, 15) is 14.7 Å². The second-order valence-corrected chi connectivity index (χ2v) is 9.19. The van der Waals surface area contributed by atoms with Crippen molar-refractivity contribution in [3.8, 4) is 5.75 Å². The van der Waals surface area contributed by atoms with E-state index in [4.69, 9.17) is 27.9 Å². The molecule has 0 saturated carbocycles. The lowest BCUT2D eigenvalue weighted by Crippen LogP contribution is -2.29. The monoisotopic (exact) mass is 495 g/mol. The Hall–Kier alpha value is -3.28. The summed E-state index contributed by atoms with van der Waals surface area (Å²) in [6, 6.07) is 18.1. The lowest BCUT2D eigenvalue weighted by molar-refractivity contribution is -0.132. The number of anilines is 1. The molecular formula is C27H23Cl2NO4. The van der Waals surface area contributed by atoms with Gasteiger partial charge >= 0.3 is 0 Å². The predicted molar refractivity (Wildman–Crippen MR) is 135 cm³/mol. The SMILES string of the molecule is Cc1cccc(C2/C(=C(\O)c3ccc(OC(C)C)cc3)C(=O)C(=O)N2c2ccc(Cl)c(Cl)c2)c1. The summed E-state index contributed by atoms with van der Waals surface area (Å²) in [5, 5.41) is 11.8. The maximum absolute atomic E-state index is 13.2. The lowest BCUT2D eigenvalue weighted by Gasteiger charge is -2.26. The van der Waals surface area contributed by atoms with Gasteiger partial charge < -0.3 is 9.84 Å². The van der Waals surface area contributed by atoms with Gasteiger partial charge in [-0.15, -0.1) is 0 Å². The van der Waals surface area contributed by atoms with Gasteiger partial charge in [-0.3, -0.25) is 14.5 Å². The molecule has 0 radical (unpaired) electrons. The number of Topliss-reactive ketones (excluding diaryl/α,β-unsaturated/α-hetero) is 1. The van der Waals surface area contributed by atoms with Gasteiger partial charge in [0.05, 0.1) is 27.8 Å². The highest BCUT2D eigenvalue weighted by atomic mass is 35.5. The van der Waals surface area contributed by atoms with E-state index in [1.54, 1.807) is 36.4 Å². The number of hydrogen-bond donors (Lipinski definition) is 1. The van der Waals surface area contributed by atoms with Crippen molar-refractivity contribution in [3.05, 3.63) is 99.0 Å². The van der Waals surface area contributed by atoms with Crippen molar-refractivity contribution in [1.82, 2.24) is 0 Å². The van der Waals surface area contributed by atoms with Crippen LogP contribution in [0.1, 0.15) is 36.6 Å². The first-order valence-electron chi connectivity index (χ1n) is 10.8. The van der Waals surface area contributed by atoms with E-state index < -0.39 is 17.7 Å². The molecule has 1 amide bonds. The van der Waals surface area contributed by atoms with Gasteiger partial charge in [-0.05, 0) is 68.8 Å². The van der Waals surface area contributed by atoms with Crippen LogP contribution in [0.4, 0.5) is 5.69 Å². The fourth-order valence-corrected chi connectivity index (χ4v) is 4.30. The zero-order chi connectivity index (χ0) is 24.6. The number of amides is 1. The molecule has 0 spiro atoms. The third-order valence-electron chi connectivity index (χ3n) is 5.48. The molecule has 5 nitrogen and oxygen atoms in total. The normalized spacial score (nSPS) is 17.5. The average molecular weight is 496 g/mol. The summed E-state index contributed by atoms with van der Waals surface area (Å²) >= 11 is 12.3. The Morgan fingerprint density at radius 1 is 0.971 bits per heavy atom. The van der Waals surface area contributed by atoms with E-state index in [1.807, 2.05) is 45.0 Å². The maximum atomic E-state index is 13.2. The first-order chi connectivity index (χ1) is 16.2. The van der Waals surface area contributed by atoms with Gasteiger partial charge in [-0.25, -0.2) is 0 Å². The Kier molecular flexibility index (Phi) is 6.69. The molecule has 3 aromatic rings. The molecule has 0 aromatic heterocycles. The van der Waals surface area contributed by atoms with E-state index in [0.717, 1.165) is 5.56 Å². The van der Waals surface area contributed by atoms with Crippen LogP contribution < -0.4 is 9.64 Å². The van der Waals surface area contributed by atoms with Crippen LogP contribution in [-0.2, 0) is 9.59 Å². The molecule has 1 unspecified atom stereocenters. The van der Waals surface area contributed by atoms with Crippen molar-refractivity contribution in [2.24, 2.45) is 0 Å². The summed E-state index contributed by atoms with van der Waals surface area (Å²) < 4.78 is 5.66. The minimum atomic E-state index is -0.844. The number of halogens is 2. The number of ketones is 1. The summed E-state index contributed by atoms with van der Waals surface area (Å²) in [6.07, 6.45) is -0.00251. The Morgan fingerprint density at radius 3 is 2.29 bits per heavy atom. The molecule has 1 aliphatic heterocycles. The molecule has 3 aromatic carbocycles. The Morgan fingerprint density at radius 2 is 1.68 bits per heavy atom. The number of carbonyl (C=O) groups is 2. The number of nitrogens with zero attached hydrogens (tertiary/aromatic N) is 1. The van der Waals surface area contributed by atoms with Crippen LogP contribution in [0, 0.1) is 6.92 Å². The van der Waals surface area contributed by atoms with Crippen molar-refractivity contribution in [1.29, 1.82) is 0 Å². The van der Waals surface area contributed by atoms with Crippen molar-refractivity contribution in [2.75, 3.05) is 4.90 Å². The van der Waals surface area contributed by atoms with Gasteiger partial charge in [-0.1, -0.05) is 53.0 Å². The minimum Gasteiger partial charge on any atom is -0.507 e. The Bertz CT molecular complexity index is 1300. The van der Waals surface area contributed by atoms with E-state index in [1.165, 1.54) is 11.0 Å². The van der Waals surface area contributed by atoms with Gasteiger partial charge in [0, 0.05) is 11.3 Å². The molecule has 1 fully saturated rings. The largest absolute Gasteiger partial charge is 0.507 e. The maximum Gasteiger partial charge on any atom is 0.300 e. The molecule has 174 valence electrons. The minimum absolute atomic E-state index is 0.000740. The fourth-order valence-electron chi connectivity index (χ4n) is 4.01. The summed E-state index contributed by atoms with van der Waals surface area (Å²) in [6.45, 7) is 5.75. The average Bonchev–Trinajstić information content (AvgIpc) is 3.06. The Labute approximate surface area is 208 Å². The van der Waals surface area contributed by atoms with E-state index in [0.29, 0.717) is 27.6 Å². The zero-order valence-electron chi connectivity index (χ0n) is 18.9. The molecule has 34 heavy (non-hydrogen) atoms. The number of aliphatic hydroxyl groups is 1. The van der Waals surface area contributed by atoms with Crippen LogP contribution in [0.5, 0.6) is 5.75 Å². The van der Waals surface area contributed by atoms with Gasteiger partial charge in [-0.2, -0.15) is 0 Å². The number of aryl methyl sites for hydroxylation is 1. The van der Waals surface area contributed by atoms with Gasteiger partial charge in [0.15, 0.2) is 0 Å².